The van der Waals surface area contributed by atoms with Crippen molar-refractivity contribution in [1.82, 2.24) is 5.32 Å². The second kappa shape index (κ2) is 7.82. The van der Waals surface area contributed by atoms with E-state index in [2.05, 4.69) is 38.2 Å². The average Bonchev–Trinajstić information content (AvgIpc) is 2.51. The molecule has 0 heterocycles. The van der Waals surface area contributed by atoms with E-state index in [9.17, 15) is 4.79 Å². The molecule has 0 radical (unpaired) electrons. The van der Waals surface area contributed by atoms with Gasteiger partial charge in [0.05, 0.1) is 6.54 Å². The first-order chi connectivity index (χ1) is 10.9. The quantitative estimate of drug-likeness (QED) is 0.820. The number of nitrogens with one attached hydrogen (secondary N) is 1. The van der Waals surface area contributed by atoms with Crippen LogP contribution < -0.4 is 15.8 Å². The molecule has 0 aliphatic heterocycles. The minimum atomic E-state index is 0.0739. The van der Waals surface area contributed by atoms with Crippen molar-refractivity contribution in [2.45, 2.75) is 57.9 Å². The smallest absolute Gasteiger partial charge is 0.223 e. The summed E-state index contributed by atoms with van der Waals surface area (Å²) in [5, 5.41) is 2.96. The van der Waals surface area contributed by atoms with Gasteiger partial charge in [-0.05, 0) is 42.4 Å². The van der Waals surface area contributed by atoms with Crippen LogP contribution in [0, 0.1) is 5.92 Å². The molecule has 0 spiro atoms. The normalized spacial score (nSPS) is 21.7. The first-order valence-electron chi connectivity index (χ1n) is 8.63. The summed E-state index contributed by atoms with van der Waals surface area (Å²) in [4.78, 5) is 12.1. The Hall–Kier alpha value is -1.55. The predicted molar refractivity (Wildman–Crippen MR) is 93.6 cm³/mol. The molecular formula is C19H30N2O2. The highest BCUT2D eigenvalue weighted by atomic mass is 16.5. The molecule has 1 saturated carbocycles. The van der Waals surface area contributed by atoms with Gasteiger partial charge in [-0.1, -0.05) is 39.3 Å². The fourth-order valence-corrected chi connectivity index (χ4v) is 3.00. The number of hydrogen-bond acceptors (Lipinski definition) is 3. The molecule has 1 fully saturated rings. The summed E-state index contributed by atoms with van der Waals surface area (Å²) < 4.78 is 5.69. The Morgan fingerprint density at radius 3 is 2.57 bits per heavy atom. The number of nitrogens with two attached hydrogens (primary N) is 1. The summed E-state index contributed by atoms with van der Waals surface area (Å²) in [5.41, 5.74) is 7.36. The van der Waals surface area contributed by atoms with Crippen LogP contribution in [-0.4, -0.2) is 25.1 Å². The molecular weight excluding hydrogens is 288 g/mol. The van der Waals surface area contributed by atoms with E-state index < -0.39 is 0 Å². The van der Waals surface area contributed by atoms with E-state index in [1.54, 1.807) is 0 Å². The van der Waals surface area contributed by atoms with E-state index in [1.807, 2.05) is 12.1 Å². The number of amides is 1. The van der Waals surface area contributed by atoms with Gasteiger partial charge in [-0.3, -0.25) is 4.79 Å². The van der Waals surface area contributed by atoms with E-state index in [4.69, 9.17) is 10.5 Å². The van der Waals surface area contributed by atoms with Gasteiger partial charge in [-0.25, -0.2) is 0 Å². The van der Waals surface area contributed by atoms with Crippen LogP contribution in [0.4, 0.5) is 0 Å². The third-order valence-electron chi connectivity index (χ3n) is 4.48. The molecule has 4 heteroatoms. The molecule has 1 aromatic rings. The maximum Gasteiger partial charge on any atom is 0.223 e. The number of carbonyl (C=O) groups is 1. The predicted octanol–water partition coefficient (Wildman–Crippen LogP) is 3.00. The molecule has 1 aromatic carbocycles. The van der Waals surface area contributed by atoms with Gasteiger partial charge in [0.1, 0.15) is 12.4 Å². The molecule has 23 heavy (non-hydrogen) atoms. The van der Waals surface area contributed by atoms with Crippen molar-refractivity contribution >= 4 is 5.91 Å². The van der Waals surface area contributed by atoms with Crippen LogP contribution >= 0.6 is 0 Å². The van der Waals surface area contributed by atoms with E-state index in [-0.39, 0.29) is 23.3 Å². The standard InChI is InChI=1S/C19H30N2O2/c1-19(2,3)15-7-9-17(10-8-15)23-12-11-21-18(22)14-5-4-6-16(20)13-14/h7-10,14,16H,4-6,11-13,20H2,1-3H3,(H,21,22). The van der Waals surface area contributed by atoms with Gasteiger partial charge in [0.15, 0.2) is 0 Å². The molecule has 0 saturated heterocycles. The Balaban J connectivity index is 1.70. The van der Waals surface area contributed by atoms with Crippen LogP contribution in [0.1, 0.15) is 52.0 Å². The molecule has 1 amide bonds. The number of hydrogen-bond donors (Lipinski definition) is 2. The van der Waals surface area contributed by atoms with Gasteiger partial charge >= 0.3 is 0 Å². The van der Waals surface area contributed by atoms with Crippen molar-refractivity contribution in [1.29, 1.82) is 0 Å². The number of ether oxygens (including phenoxy) is 1. The van der Waals surface area contributed by atoms with E-state index in [0.717, 1.165) is 31.4 Å². The van der Waals surface area contributed by atoms with Crippen LogP contribution in [0.2, 0.25) is 0 Å². The highest BCUT2D eigenvalue weighted by Gasteiger charge is 2.24. The SMILES string of the molecule is CC(C)(C)c1ccc(OCCNC(=O)C2CCCC(N)C2)cc1. The minimum Gasteiger partial charge on any atom is -0.492 e. The zero-order valence-corrected chi connectivity index (χ0v) is 14.6. The molecule has 1 aliphatic carbocycles. The summed E-state index contributed by atoms with van der Waals surface area (Å²) in [6.07, 6.45) is 3.85. The third-order valence-corrected chi connectivity index (χ3v) is 4.48. The van der Waals surface area contributed by atoms with Crippen molar-refractivity contribution in [2.75, 3.05) is 13.2 Å². The number of rotatable bonds is 5. The van der Waals surface area contributed by atoms with Gasteiger partial charge in [0, 0.05) is 12.0 Å². The molecule has 3 N–H and O–H groups in total. The molecule has 2 unspecified atom stereocenters. The van der Waals surface area contributed by atoms with E-state index >= 15 is 0 Å². The van der Waals surface area contributed by atoms with Crippen molar-refractivity contribution in [3.05, 3.63) is 29.8 Å². The van der Waals surface area contributed by atoms with E-state index in [1.165, 1.54) is 5.56 Å². The summed E-state index contributed by atoms with van der Waals surface area (Å²) in [6.45, 7) is 7.59. The minimum absolute atomic E-state index is 0.0739. The molecule has 0 bridgehead atoms. The van der Waals surface area contributed by atoms with Gasteiger partial charge in [0.25, 0.3) is 0 Å². The average molecular weight is 318 g/mol. The zero-order chi connectivity index (χ0) is 16.9. The maximum atomic E-state index is 12.1. The summed E-state index contributed by atoms with van der Waals surface area (Å²) in [6, 6.07) is 8.34. The largest absolute Gasteiger partial charge is 0.492 e. The van der Waals surface area contributed by atoms with Crippen LogP contribution in [0.15, 0.2) is 24.3 Å². The molecule has 2 rings (SSSR count). The summed E-state index contributed by atoms with van der Waals surface area (Å²) in [5.74, 6) is 1.03. The van der Waals surface area contributed by atoms with E-state index in [0.29, 0.717) is 13.2 Å². The van der Waals surface area contributed by atoms with Crippen LogP contribution in [-0.2, 0) is 10.2 Å². The lowest BCUT2D eigenvalue weighted by Crippen LogP contribution is -2.39. The molecule has 2 atom stereocenters. The lowest BCUT2D eigenvalue weighted by Gasteiger charge is -2.25. The highest BCUT2D eigenvalue weighted by Crippen LogP contribution is 2.24. The monoisotopic (exact) mass is 318 g/mol. The first kappa shape index (κ1) is 17.8. The Morgan fingerprint density at radius 2 is 1.96 bits per heavy atom. The van der Waals surface area contributed by atoms with Gasteiger partial charge < -0.3 is 15.8 Å². The summed E-state index contributed by atoms with van der Waals surface area (Å²) >= 11 is 0. The maximum absolute atomic E-state index is 12.1. The second-order valence-electron chi connectivity index (χ2n) is 7.54. The van der Waals surface area contributed by atoms with Crippen LogP contribution in [0.3, 0.4) is 0 Å². The Morgan fingerprint density at radius 1 is 1.26 bits per heavy atom. The van der Waals surface area contributed by atoms with Crippen molar-refractivity contribution in [3.63, 3.8) is 0 Å². The van der Waals surface area contributed by atoms with Gasteiger partial charge in [0.2, 0.25) is 5.91 Å². The van der Waals surface area contributed by atoms with Gasteiger partial charge in [-0.15, -0.1) is 0 Å². The zero-order valence-electron chi connectivity index (χ0n) is 14.6. The van der Waals surface area contributed by atoms with Gasteiger partial charge in [-0.2, -0.15) is 0 Å². The van der Waals surface area contributed by atoms with Crippen molar-refractivity contribution < 1.29 is 9.53 Å². The molecule has 128 valence electrons. The van der Waals surface area contributed by atoms with Crippen LogP contribution in [0.25, 0.3) is 0 Å². The Kier molecular flexibility index (Phi) is 6.05. The fraction of sp³-hybridized carbons (Fsp3) is 0.632. The van der Waals surface area contributed by atoms with Crippen LogP contribution in [0.5, 0.6) is 5.75 Å². The molecule has 0 aromatic heterocycles. The first-order valence-corrected chi connectivity index (χ1v) is 8.63. The van der Waals surface area contributed by atoms with Crippen molar-refractivity contribution in [2.24, 2.45) is 11.7 Å². The lowest BCUT2D eigenvalue weighted by atomic mass is 9.85. The molecule has 4 nitrogen and oxygen atoms in total. The highest BCUT2D eigenvalue weighted by molar-refractivity contribution is 5.78. The Bertz CT molecular complexity index is 505. The summed E-state index contributed by atoms with van der Waals surface area (Å²) in [7, 11) is 0. The second-order valence-corrected chi connectivity index (χ2v) is 7.54. The Labute approximate surface area is 139 Å². The number of carbonyl (C=O) groups excluding carboxylic acids is 1. The lowest BCUT2D eigenvalue weighted by molar-refractivity contribution is -0.126. The van der Waals surface area contributed by atoms with Crippen molar-refractivity contribution in [3.8, 4) is 5.75 Å². The third kappa shape index (κ3) is 5.54. The molecule has 1 aliphatic rings. The topological polar surface area (TPSA) is 64.3 Å². The fourth-order valence-electron chi connectivity index (χ4n) is 3.00. The number of benzene rings is 1.